The summed E-state index contributed by atoms with van der Waals surface area (Å²) in [5.41, 5.74) is 0.490. The molecule has 0 aliphatic heterocycles. The fourth-order valence-corrected chi connectivity index (χ4v) is 3.03. The number of rotatable bonds is 7. The van der Waals surface area contributed by atoms with Crippen LogP contribution in [-0.4, -0.2) is 20.6 Å². The molecule has 1 aliphatic rings. The third-order valence-electron chi connectivity index (χ3n) is 4.40. The SMILES string of the molecule is O=C(O)CCCCn1ccc2c([N+](=O)[O-])c(C3CC3)ccc2c1=O. The zero-order valence-corrected chi connectivity index (χ0v) is 13.1. The maximum Gasteiger partial charge on any atom is 0.303 e. The predicted molar refractivity (Wildman–Crippen MR) is 88.3 cm³/mol. The Morgan fingerprint density at radius 3 is 2.62 bits per heavy atom. The van der Waals surface area contributed by atoms with Crippen LogP contribution in [0.5, 0.6) is 0 Å². The van der Waals surface area contributed by atoms with Crippen molar-refractivity contribution < 1.29 is 14.8 Å². The molecule has 1 fully saturated rings. The van der Waals surface area contributed by atoms with Crippen molar-refractivity contribution in [3.05, 3.63) is 50.4 Å². The third-order valence-corrected chi connectivity index (χ3v) is 4.40. The summed E-state index contributed by atoms with van der Waals surface area (Å²) < 4.78 is 1.49. The largest absolute Gasteiger partial charge is 0.481 e. The van der Waals surface area contributed by atoms with E-state index in [0.717, 1.165) is 12.8 Å². The number of hydrogen-bond donors (Lipinski definition) is 1. The molecule has 0 saturated heterocycles. The second-order valence-corrected chi connectivity index (χ2v) is 6.16. The van der Waals surface area contributed by atoms with Gasteiger partial charge < -0.3 is 9.67 Å². The summed E-state index contributed by atoms with van der Waals surface area (Å²) in [6, 6.07) is 5.00. The fourth-order valence-electron chi connectivity index (χ4n) is 3.03. The molecule has 0 amide bonds. The van der Waals surface area contributed by atoms with Gasteiger partial charge in [0.2, 0.25) is 0 Å². The lowest BCUT2D eigenvalue weighted by molar-refractivity contribution is -0.383. The topological polar surface area (TPSA) is 102 Å². The Morgan fingerprint density at radius 1 is 1.25 bits per heavy atom. The quantitative estimate of drug-likeness (QED) is 0.477. The number of nitro groups is 1. The number of aryl methyl sites for hydroxylation is 1. The van der Waals surface area contributed by atoms with Gasteiger partial charge in [-0.3, -0.25) is 19.7 Å². The van der Waals surface area contributed by atoms with Crippen molar-refractivity contribution in [2.75, 3.05) is 0 Å². The van der Waals surface area contributed by atoms with Gasteiger partial charge in [-0.05, 0) is 43.7 Å². The molecule has 1 N–H and O–H groups in total. The molecule has 1 heterocycles. The van der Waals surface area contributed by atoms with Gasteiger partial charge in [0, 0.05) is 24.7 Å². The van der Waals surface area contributed by atoms with E-state index in [1.807, 2.05) is 0 Å². The Labute approximate surface area is 137 Å². The Balaban J connectivity index is 1.94. The molecule has 0 radical (unpaired) electrons. The first-order valence-corrected chi connectivity index (χ1v) is 8.01. The van der Waals surface area contributed by atoms with E-state index in [2.05, 4.69) is 0 Å². The van der Waals surface area contributed by atoms with E-state index in [0.29, 0.717) is 35.7 Å². The Kier molecular flexibility index (Phi) is 4.33. The molecule has 24 heavy (non-hydrogen) atoms. The van der Waals surface area contributed by atoms with Crippen molar-refractivity contribution in [3.63, 3.8) is 0 Å². The van der Waals surface area contributed by atoms with Gasteiger partial charge in [-0.25, -0.2) is 0 Å². The standard InChI is InChI=1S/C17H18N2O5/c20-15(21)3-1-2-9-18-10-8-13-14(17(18)22)7-6-12(11-4-5-11)16(13)19(23)24/h6-8,10-11H,1-5,9H2,(H,20,21). The number of unbranched alkanes of at least 4 members (excludes halogenated alkanes) is 1. The number of pyridine rings is 1. The molecule has 0 spiro atoms. The minimum Gasteiger partial charge on any atom is -0.481 e. The summed E-state index contributed by atoms with van der Waals surface area (Å²) in [5.74, 6) is -0.627. The first-order chi connectivity index (χ1) is 11.5. The average Bonchev–Trinajstić information content (AvgIpc) is 3.36. The predicted octanol–water partition coefficient (Wildman–Crippen LogP) is 3.04. The molecule has 1 aromatic heterocycles. The van der Waals surface area contributed by atoms with E-state index < -0.39 is 10.9 Å². The highest BCUT2D eigenvalue weighted by Crippen LogP contribution is 2.45. The van der Waals surface area contributed by atoms with Crippen molar-refractivity contribution in [1.82, 2.24) is 4.57 Å². The van der Waals surface area contributed by atoms with E-state index in [1.165, 1.54) is 4.57 Å². The zero-order valence-electron chi connectivity index (χ0n) is 13.1. The summed E-state index contributed by atoms with van der Waals surface area (Å²) in [6.45, 7) is 0.403. The smallest absolute Gasteiger partial charge is 0.303 e. The summed E-state index contributed by atoms with van der Waals surface area (Å²) in [4.78, 5) is 34.1. The number of carboxylic acids is 1. The van der Waals surface area contributed by atoms with Gasteiger partial charge in [-0.2, -0.15) is 0 Å². The summed E-state index contributed by atoms with van der Waals surface area (Å²) in [5, 5.41) is 20.8. The van der Waals surface area contributed by atoms with Crippen molar-refractivity contribution in [1.29, 1.82) is 0 Å². The van der Waals surface area contributed by atoms with Gasteiger partial charge in [0.15, 0.2) is 0 Å². The van der Waals surface area contributed by atoms with Gasteiger partial charge in [0.25, 0.3) is 11.2 Å². The highest BCUT2D eigenvalue weighted by molar-refractivity contribution is 5.92. The second kappa shape index (κ2) is 6.43. The molecule has 7 nitrogen and oxygen atoms in total. The van der Waals surface area contributed by atoms with Crippen molar-refractivity contribution in [2.24, 2.45) is 0 Å². The highest BCUT2D eigenvalue weighted by Gasteiger charge is 2.32. The minimum absolute atomic E-state index is 0.0464. The molecule has 2 aromatic rings. The molecule has 0 bridgehead atoms. The molecular formula is C17H18N2O5. The molecule has 0 atom stereocenters. The molecule has 0 unspecified atom stereocenters. The molecule has 1 aromatic carbocycles. The van der Waals surface area contributed by atoms with Crippen LogP contribution in [0.3, 0.4) is 0 Å². The van der Waals surface area contributed by atoms with Crippen LogP contribution in [0.4, 0.5) is 5.69 Å². The first-order valence-electron chi connectivity index (χ1n) is 8.01. The Morgan fingerprint density at radius 2 is 2.00 bits per heavy atom. The second-order valence-electron chi connectivity index (χ2n) is 6.16. The zero-order chi connectivity index (χ0) is 17.3. The lowest BCUT2D eigenvalue weighted by Crippen LogP contribution is -2.20. The van der Waals surface area contributed by atoms with E-state index in [9.17, 15) is 19.7 Å². The third kappa shape index (κ3) is 3.15. The van der Waals surface area contributed by atoms with Crippen molar-refractivity contribution in [3.8, 4) is 0 Å². The van der Waals surface area contributed by atoms with Crippen LogP contribution in [0, 0.1) is 10.1 Å². The molecule has 126 valence electrons. The summed E-state index contributed by atoms with van der Waals surface area (Å²) >= 11 is 0. The minimum atomic E-state index is -0.857. The fraction of sp³-hybridized carbons (Fsp3) is 0.412. The lowest BCUT2D eigenvalue weighted by Gasteiger charge is -2.09. The summed E-state index contributed by atoms with van der Waals surface area (Å²) in [6.07, 6.45) is 4.59. The van der Waals surface area contributed by atoms with Crippen LogP contribution in [0.2, 0.25) is 0 Å². The van der Waals surface area contributed by atoms with Crippen LogP contribution in [0.15, 0.2) is 29.2 Å². The number of hydrogen-bond acceptors (Lipinski definition) is 4. The van der Waals surface area contributed by atoms with Crippen LogP contribution in [0.1, 0.15) is 43.6 Å². The number of aromatic nitrogens is 1. The Bertz CT molecular complexity index is 867. The number of carbonyl (C=O) groups is 1. The van der Waals surface area contributed by atoms with Crippen molar-refractivity contribution in [2.45, 2.75) is 44.6 Å². The molecule has 1 saturated carbocycles. The van der Waals surface area contributed by atoms with Crippen LogP contribution >= 0.6 is 0 Å². The van der Waals surface area contributed by atoms with Crippen molar-refractivity contribution >= 4 is 22.4 Å². The van der Waals surface area contributed by atoms with E-state index in [4.69, 9.17) is 5.11 Å². The number of nitro benzene ring substituents is 1. The maximum atomic E-state index is 12.6. The van der Waals surface area contributed by atoms with Crippen LogP contribution in [0.25, 0.3) is 10.8 Å². The van der Waals surface area contributed by atoms with E-state index in [1.54, 1.807) is 24.4 Å². The number of carboxylic acid groups (broad SMARTS) is 1. The number of nitrogens with zero attached hydrogens (tertiary/aromatic N) is 2. The monoisotopic (exact) mass is 330 g/mol. The average molecular weight is 330 g/mol. The van der Waals surface area contributed by atoms with Gasteiger partial charge in [-0.15, -0.1) is 0 Å². The van der Waals surface area contributed by atoms with E-state index >= 15 is 0 Å². The molecule has 3 rings (SSSR count). The Hall–Kier alpha value is -2.70. The lowest BCUT2D eigenvalue weighted by atomic mass is 10.0. The van der Waals surface area contributed by atoms with Gasteiger partial charge in [0.1, 0.15) is 0 Å². The van der Waals surface area contributed by atoms with Gasteiger partial charge in [-0.1, -0.05) is 6.07 Å². The molecule has 7 heteroatoms. The normalized spacial score (nSPS) is 14.0. The highest BCUT2D eigenvalue weighted by atomic mass is 16.6. The van der Waals surface area contributed by atoms with Gasteiger partial charge in [0.05, 0.1) is 15.7 Å². The van der Waals surface area contributed by atoms with Gasteiger partial charge >= 0.3 is 5.97 Å². The molecular weight excluding hydrogens is 312 g/mol. The number of fused-ring (bicyclic) bond motifs is 1. The van der Waals surface area contributed by atoms with Crippen LogP contribution < -0.4 is 5.56 Å². The number of benzene rings is 1. The summed E-state index contributed by atoms with van der Waals surface area (Å²) in [7, 11) is 0. The maximum absolute atomic E-state index is 12.6. The first kappa shape index (κ1) is 16.2. The number of aliphatic carboxylic acids is 1. The van der Waals surface area contributed by atoms with E-state index in [-0.39, 0.29) is 23.6 Å². The molecule has 1 aliphatic carbocycles. The van der Waals surface area contributed by atoms with Crippen LogP contribution in [-0.2, 0) is 11.3 Å².